The van der Waals surface area contributed by atoms with Gasteiger partial charge in [0.05, 0.1) is 6.61 Å². The number of hydrogen-bond donors (Lipinski definition) is 2. The summed E-state index contributed by atoms with van der Waals surface area (Å²) in [6.45, 7) is 2.48. The van der Waals surface area contributed by atoms with Crippen molar-refractivity contribution in [3.05, 3.63) is 65.2 Å². The summed E-state index contributed by atoms with van der Waals surface area (Å²) in [5, 5.41) is 12.2. The van der Waals surface area contributed by atoms with Crippen molar-refractivity contribution < 1.29 is 9.90 Å². The lowest BCUT2D eigenvalue weighted by Crippen LogP contribution is -2.23. The van der Waals surface area contributed by atoms with E-state index in [1.165, 1.54) is 0 Å². The second kappa shape index (κ2) is 7.86. The number of benzene rings is 2. The van der Waals surface area contributed by atoms with E-state index >= 15 is 0 Å². The summed E-state index contributed by atoms with van der Waals surface area (Å²) < 4.78 is 0. The average Bonchev–Trinajstić information content (AvgIpc) is 2.53. The molecule has 0 bridgehead atoms. The highest BCUT2D eigenvalue weighted by Crippen LogP contribution is 2.18. The van der Waals surface area contributed by atoms with Crippen LogP contribution in [0.3, 0.4) is 0 Å². The van der Waals surface area contributed by atoms with E-state index in [2.05, 4.69) is 12.2 Å². The lowest BCUT2D eigenvalue weighted by atomic mass is 10.1. The Bertz CT molecular complexity index is 613. The molecule has 0 radical (unpaired) electrons. The molecular weight excluding hydrogens is 282 g/mol. The van der Waals surface area contributed by atoms with Gasteiger partial charge < -0.3 is 10.4 Å². The normalized spacial score (nSPS) is 10.4. The molecule has 21 heavy (non-hydrogen) atoms. The standard InChI is InChI=1S/C17H19NO2S/c1-2-21-16-9-5-8-13(10-16)17(20)18-11-14-6-3-4-7-15(14)12-19/h3-10,19H,2,11-12H2,1H3,(H,18,20). The van der Waals surface area contributed by atoms with Crippen LogP contribution in [-0.2, 0) is 13.2 Å². The van der Waals surface area contributed by atoms with Crippen molar-refractivity contribution in [2.24, 2.45) is 0 Å². The summed E-state index contributed by atoms with van der Waals surface area (Å²) in [6, 6.07) is 15.2. The summed E-state index contributed by atoms with van der Waals surface area (Å²) in [5.74, 6) is 0.885. The Morgan fingerprint density at radius 1 is 1.14 bits per heavy atom. The molecule has 0 aliphatic carbocycles. The van der Waals surface area contributed by atoms with Crippen molar-refractivity contribution >= 4 is 17.7 Å². The fraction of sp³-hybridized carbons (Fsp3) is 0.235. The molecule has 0 fully saturated rings. The predicted molar refractivity (Wildman–Crippen MR) is 86.4 cm³/mol. The smallest absolute Gasteiger partial charge is 0.251 e. The van der Waals surface area contributed by atoms with Crippen LogP contribution < -0.4 is 5.32 Å². The fourth-order valence-electron chi connectivity index (χ4n) is 2.06. The molecular formula is C17H19NO2S. The maximum Gasteiger partial charge on any atom is 0.251 e. The predicted octanol–water partition coefficient (Wildman–Crippen LogP) is 3.22. The van der Waals surface area contributed by atoms with Gasteiger partial charge in [-0.1, -0.05) is 37.3 Å². The van der Waals surface area contributed by atoms with E-state index in [0.29, 0.717) is 12.1 Å². The highest BCUT2D eigenvalue weighted by atomic mass is 32.2. The first-order valence-electron chi connectivity index (χ1n) is 6.93. The van der Waals surface area contributed by atoms with Crippen LogP contribution in [0.1, 0.15) is 28.4 Å². The molecule has 2 aromatic carbocycles. The molecule has 3 nitrogen and oxygen atoms in total. The van der Waals surface area contributed by atoms with Crippen LogP contribution >= 0.6 is 11.8 Å². The SMILES string of the molecule is CCSc1cccc(C(=O)NCc2ccccc2CO)c1. The molecule has 2 N–H and O–H groups in total. The summed E-state index contributed by atoms with van der Waals surface area (Å²) in [6.07, 6.45) is 0. The Balaban J connectivity index is 2.03. The number of aliphatic hydroxyl groups is 1. The number of amides is 1. The Labute approximate surface area is 129 Å². The maximum atomic E-state index is 12.2. The molecule has 0 saturated heterocycles. The van der Waals surface area contributed by atoms with Gasteiger partial charge in [-0.3, -0.25) is 4.79 Å². The second-order valence-corrected chi connectivity index (χ2v) is 5.91. The van der Waals surface area contributed by atoms with E-state index in [4.69, 9.17) is 0 Å². The summed E-state index contributed by atoms with van der Waals surface area (Å²) in [4.78, 5) is 13.3. The van der Waals surface area contributed by atoms with Gasteiger partial charge in [-0.25, -0.2) is 0 Å². The molecule has 4 heteroatoms. The lowest BCUT2D eigenvalue weighted by molar-refractivity contribution is 0.0950. The van der Waals surface area contributed by atoms with Gasteiger partial charge in [0.2, 0.25) is 0 Å². The number of rotatable bonds is 6. The van der Waals surface area contributed by atoms with E-state index < -0.39 is 0 Å². The minimum atomic E-state index is -0.0960. The van der Waals surface area contributed by atoms with Crippen LogP contribution in [0.15, 0.2) is 53.4 Å². The third kappa shape index (κ3) is 4.34. The van der Waals surface area contributed by atoms with E-state index in [0.717, 1.165) is 21.8 Å². The van der Waals surface area contributed by atoms with Crippen molar-refractivity contribution in [3.8, 4) is 0 Å². The number of thioether (sulfide) groups is 1. The van der Waals surface area contributed by atoms with Crippen molar-refractivity contribution in [2.45, 2.75) is 25.0 Å². The molecule has 0 aliphatic rings. The molecule has 0 atom stereocenters. The van der Waals surface area contributed by atoms with Gasteiger partial charge >= 0.3 is 0 Å². The van der Waals surface area contributed by atoms with Crippen LogP contribution in [-0.4, -0.2) is 16.8 Å². The molecule has 0 heterocycles. The van der Waals surface area contributed by atoms with E-state index in [1.807, 2.05) is 48.5 Å². The van der Waals surface area contributed by atoms with Gasteiger partial charge in [-0.05, 0) is 35.1 Å². The zero-order valence-electron chi connectivity index (χ0n) is 12.0. The van der Waals surface area contributed by atoms with Crippen molar-refractivity contribution in [1.29, 1.82) is 0 Å². The van der Waals surface area contributed by atoms with Crippen molar-refractivity contribution in [1.82, 2.24) is 5.32 Å². The van der Waals surface area contributed by atoms with Gasteiger partial charge in [-0.15, -0.1) is 11.8 Å². The largest absolute Gasteiger partial charge is 0.392 e. The highest BCUT2D eigenvalue weighted by molar-refractivity contribution is 7.99. The van der Waals surface area contributed by atoms with Gasteiger partial charge in [-0.2, -0.15) is 0 Å². The van der Waals surface area contributed by atoms with Crippen LogP contribution in [0, 0.1) is 0 Å². The monoisotopic (exact) mass is 301 g/mol. The number of carbonyl (C=O) groups excluding carboxylic acids is 1. The van der Waals surface area contributed by atoms with Crippen molar-refractivity contribution in [2.75, 3.05) is 5.75 Å². The summed E-state index contributed by atoms with van der Waals surface area (Å²) >= 11 is 1.71. The average molecular weight is 301 g/mol. The zero-order chi connectivity index (χ0) is 15.1. The van der Waals surface area contributed by atoms with E-state index in [9.17, 15) is 9.90 Å². The Morgan fingerprint density at radius 3 is 2.62 bits per heavy atom. The molecule has 2 rings (SSSR count). The Morgan fingerprint density at radius 2 is 1.90 bits per heavy atom. The molecule has 0 aromatic heterocycles. The molecule has 0 aliphatic heterocycles. The van der Waals surface area contributed by atoms with Crippen LogP contribution in [0.25, 0.3) is 0 Å². The lowest BCUT2D eigenvalue weighted by Gasteiger charge is -2.09. The number of carbonyl (C=O) groups is 1. The molecule has 0 saturated carbocycles. The summed E-state index contributed by atoms with van der Waals surface area (Å²) in [5.41, 5.74) is 2.44. The third-order valence-electron chi connectivity index (χ3n) is 3.14. The maximum absolute atomic E-state index is 12.2. The quantitative estimate of drug-likeness (QED) is 0.805. The minimum absolute atomic E-state index is 0.0192. The highest BCUT2D eigenvalue weighted by Gasteiger charge is 2.07. The van der Waals surface area contributed by atoms with Crippen LogP contribution in [0.2, 0.25) is 0 Å². The van der Waals surface area contributed by atoms with Crippen molar-refractivity contribution in [3.63, 3.8) is 0 Å². The van der Waals surface area contributed by atoms with Crippen LogP contribution in [0.4, 0.5) is 0 Å². The van der Waals surface area contributed by atoms with Gasteiger partial charge in [0.1, 0.15) is 0 Å². The molecule has 1 amide bonds. The fourth-order valence-corrected chi connectivity index (χ4v) is 2.77. The second-order valence-electron chi connectivity index (χ2n) is 4.57. The summed E-state index contributed by atoms with van der Waals surface area (Å²) in [7, 11) is 0. The third-order valence-corrected chi connectivity index (χ3v) is 4.01. The molecule has 0 unspecified atom stereocenters. The van der Waals surface area contributed by atoms with Gasteiger partial charge in [0.15, 0.2) is 0 Å². The number of aliphatic hydroxyl groups excluding tert-OH is 1. The van der Waals surface area contributed by atoms with Gasteiger partial charge in [0.25, 0.3) is 5.91 Å². The van der Waals surface area contributed by atoms with Crippen LogP contribution in [0.5, 0.6) is 0 Å². The minimum Gasteiger partial charge on any atom is -0.392 e. The van der Waals surface area contributed by atoms with E-state index in [-0.39, 0.29) is 12.5 Å². The molecule has 110 valence electrons. The number of hydrogen-bond acceptors (Lipinski definition) is 3. The number of nitrogens with one attached hydrogen (secondary N) is 1. The Hall–Kier alpha value is -1.78. The topological polar surface area (TPSA) is 49.3 Å². The molecule has 0 spiro atoms. The first-order chi connectivity index (χ1) is 10.2. The zero-order valence-corrected chi connectivity index (χ0v) is 12.8. The first kappa shape index (κ1) is 15.6. The Kier molecular flexibility index (Phi) is 5.84. The first-order valence-corrected chi connectivity index (χ1v) is 7.92. The van der Waals surface area contributed by atoms with E-state index in [1.54, 1.807) is 11.8 Å². The van der Waals surface area contributed by atoms with Gasteiger partial charge in [0, 0.05) is 17.0 Å². The molecule has 2 aromatic rings.